The molecule has 0 spiro atoms. The summed E-state index contributed by atoms with van der Waals surface area (Å²) in [6.07, 6.45) is 2.23. The molecule has 1 saturated heterocycles. The topological polar surface area (TPSA) is 92.2 Å². The number of ether oxygens (including phenoxy) is 2. The number of rotatable bonds is 7. The number of hydrogen-bond donors (Lipinski definition) is 1. The molecular weight excluding hydrogens is 589 g/mol. The van der Waals surface area contributed by atoms with Crippen molar-refractivity contribution in [2.24, 2.45) is 0 Å². The first kappa shape index (κ1) is 27.6. The quantitative estimate of drug-likeness (QED) is 0.384. The molecule has 1 aromatic heterocycles. The van der Waals surface area contributed by atoms with Crippen LogP contribution in [0, 0.1) is 5.82 Å². The van der Waals surface area contributed by atoms with E-state index >= 15 is 0 Å². The second-order valence-electron chi connectivity index (χ2n) is 9.39. The van der Waals surface area contributed by atoms with E-state index in [1.807, 2.05) is 29.3 Å². The number of carbonyl (C=O) groups is 2. The minimum atomic E-state index is -0.541. The molecule has 1 unspecified atom stereocenters. The Kier molecular flexibility index (Phi) is 8.24. The second-order valence-corrected chi connectivity index (χ2v) is 11.3. The first-order valence-electron chi connectivity index (χ1n) is 12.4. The molecule has 0 radical (unpaired) electrons. The Hall–Kier alpha value is -2.96. The van der Waals surface area contributed by atoms with E-state index in [9.17, 15) is 19.1 Å². The highest BCUT2D eigenvalue weighted by molar-refractivity contribution is 9.10. The van der Waals surface area contributed by atoms with Crippen LogP contribution in [-0.2, 0) is 25.7 Å². The average molecular weight is 617 g/mol. The maximum atomic E-state index is 14.0. The minimum Gasteiger partial charge on any atom is -0.464 e. The monoisotopic (exact) mass is 615 g/mol. The molecule has 1 N–H and O–H groups in total. The number of hydrogen-bond acceptors (Lipinski definition) is 9. The summed E-state index contributed by atoms with van der Waals surface area (Å²) in [4.78, 5) is 34.2. The number of aliphatic hydroxyl groups is 1. The largest absolute Gasteiger partial charge is 0.464 e. The highest BCUT2D eigenvalue weighted by Gasteiger charge is 2.34. The normalized spacial score (nSPS) is 18.4. The number of allylic oxidation sites excluding steroid dienone is 1. The lowest BCUT2D eigenvalue weighted by molar-refractivity contribution is -0.136. The summed E-state index contributed by atoms with van der Waals surface area (Å²) in [6.45, 7) is 3.11. The molecule has 1 fully saturated rings. The number of halogens is 2. The third-order valence-electron chi connectivity index (χ3n) is 6.83. The second kappa shape index (κ2) is 11.6. The highest BCUT2D eigenvalue weighted by atomic mass is 79.9. The van der Waals surface area contributed by atoms with Crippen molar-refractivity contribution in [2.45, 2.75) is 26.0 Å². The van der Waals surface area contributed by atoms with E-state index in [4.69, 9.17) is 14.5 Å². The van der Waals surface area contributed by atoms with Gasteiger partial charge in [-0.25, -0.2) is 14.2 Å². The summed E-state index contributed by atoms with van der Waals surface area (Å²) in [5.74, 6) is -0.967. The van der Waals surface area contributed by atoms with Crippen LogP contribution in [-0.4, -0.2) is 66.2 Å². The van der Waals surface area contributed by atoms with Crippen LogP contribution in [0.15, 0.2) is 58.3 Å². The van der Waals surface area contributed by atoms with Gasteiger partial charge in [-0.15, -0.1) is 11.3 Å². The number of thiazole rings is 1. The predicted octanol–water partition coefficient (Wildman–Crippen LogP) is 4.66. The Morgan fingerprint density at radius 2 is 2.10 bits per heavy atom. The van der Waals surface area contributed by atoms with Gasteiger partial charge in [0.05, 0.1) is 48.9 Å². The molecule has 8 nitrogen and oxygen atoms in total. The molecule has 5 rings (SSSR count). The van der Waals surface area contributed by atoms with Crippen molar-refractivity contribution in [3.63, 3.8) is 0 Å². The van der Waals surface area contributed by atoms with Crippen LogP contribution in [0.4, 0.5) is 10.1 Å². The van der Waals surface area contributed by atoms with Crippen molar-refractivity contribution in [2.75, 3.05) is 38.3 Å². The molecule has 2 aromatic carbocycles. The molecule has 0 bridgehead atoms. The number of ketones is 1. The fourth-order valence-electron chi connectivity index (χ4n) is 4.87. The number of Topliss-reactive ketones (excluding diaryl/α,β-unsaturated/α-hetero) is 1. The Bertz CT molecular complexity index is 1500. The SMILES string of the molecule is COC(=O)C1=C(CN2CCOCC2C(C)=O)CC(c2nc3ccc(CO)cc3s2)=CN1c1ccc(F)cc1Br. The Labute approximate surface area is 237 Å². The number of aromatic nitrogens is 1. The molecule has 0 saturated carbocycles. The Morgan fingerprint density at radius 1 is 1.28 bits per heavy atom. The lowest BCUT2D eigenvalue weighted by Crippen LogP contribution is -2.50. The maximum Gasteiger partial charge on any atom is 0.355 e. The van der Waals surface area contributed by atoms with Gasteiger partial charge in [0.15, 0.2) is 0 Å². The summed E-state index contributed by atoms with van der Waals surface area (Å²) in [6, 6.07) is 9.47. The molecule has 39 heavy (non-hydrogen) atoms. The standard InChI is InChI=1S/C28H27BrFN3O5S/c1-16(35)24-15-38-8-7-32(24)12-18-10-19(27-31-22-5-3-17(14-34)9-25(22)39-27)13-33(26(18)28(36)37-2)23-6-4-20(30)11-21(23)29/h3-6,9,11,13,24,34H,7-8,10,12,14-15H2,1-2H3. The molecule has 204 valence electrons. The van der Waals surface area contributed by atoms with Crippen LogP contribution in [0.5, 0.6) is 0 Å². The smallest absolute Gasteiger partial charge is 0.355 e. The van der Waals surface area contributed by atoms with E-state index in [0.29, 0.717) is 42.0 Å². The minimum absolute atomic E-state index is 0.00881. The van der Waals surface area contributed by atoms with E-state index in [1.165, 1.54) is 37.5 Å². The first-order chi connectivity index (χ1) is 18.8. The molecule has 3 aromatic rings. The summed E-state index contributed by atoms with van der Waals surface area (Å²) in [7, 11) is 1.32. The number of nitrogens with zero attached hydrogens (tertiary/aromatic N) is 3. The summed E-state index contributed by atoms with van der Waals surface area (Å²) in [5.41, 5.74) is 4.07. The summed E-state index contributed by atoms with van der Waals surface area (Å²) < 4.78 is 26.2. The van der Waals surface area contributed by atoms with Crippen molar-refractivity contribution in [3.05, 3.63) is 74.7 Å². The van der Waals surface area contributed by atoms with E-state index in [1.54, 1.807) is 11.0 Å². The lowest BCUT2D eigenvalue weighted by atomic mass is 9.97. The molecule has 0 amide bonds. The van der Waals surface area contributed by atoms with Crippen LogP contribution in [0.2, 0.25) is 0 Å². The Balaban J connectivity index is 1.64. The third kappa shape index (κ3) is 5.68. The third-order valence-corrected chi connectivity index (χ3v) is 8.55. The van der Waals surface area contributed by atoms with Crippen molar-refractivity contribution in [1.82, 2.24) is 9.88 Å². The van der Waals surface area contributed by atoms with Gasteiger partial charge < -0.3 is 19.5 Å². The molecule has 0 aliphatic carbocycles. The van der Waals surface area contributed by atoms with Gasteiger partial charge in [0.25, 0.3) is 0 Å². The van der Waals surface area contributed by atoms with Crippen LogP contribution in [0.3, 0.4) is 0 Å². The summed E-state index contributed by atoms with van der Waals surface area (Å²) in [5, 5.41) is 10.3. The van der Waals surface area contributed by atoms with Gasteiger partial charge >= 0.3 is 5.97 Å². The van der Waals surface area contributed by atoms with Gasteiger partial charge in [-0.1, -0.05) is 6.07 Å². The zero-order chi connectivity index (χ0) is 27.7. The van der Waals surface area contributed by atoms with E-state index < -0.39 is 17.8 Å². The van der Waals surface area contributed by atoms with Gasteiger partial charge in [0, 0.05) is 35.8 Å². The van der Waals surface area contributed by atoms with Crippen molar-refractivity contribution < 1.29 is 28.6 Å². The first-order valence-corrected chi connectivity index (χ1v) is 14.0. The van der Waals surface area contributed by atoms with Crippen LogP contribution in [0.25, 0.3) is 15.8 Å². The van der Waals surface area contributed by atoms with Crippen molar-refractivity contribution in [1.29, 1.82) is 0 Å². The Morgan fingerprint density at radius 3 is 2.82 bits per heavy atom. The van der Waals surface area contributed by atoms with E-state index in [2.05, 4.69) is 15.9 Å². The fourth-order valence-corrected chi connectivity index (χ4v) is 6.45. The number of carbonyl (C=O) groups excluding carboxylic acids is 2. The molecule has 2 aliphatic heterocycles. The molecule has 1 atom stereocenters. The lowest BCUT2D eigenvalue weighted by Gasteiger charge is -2.37. The maximum absolute atomic E-state index is 14.0. The molecule has 2 aliphatic rings. The fraction of sp³-hybridized carbons (Fsp3) is 0.321. The van der Waals surface area contributed by atoms with Crippen LogP contribution < -0.4 is 4.90 Å². The number of aliphatic hydroxyl groups excluding tert-OH is 1. The van der Waals surface area contributed by atoms with Gasteiger partial charge in [-0.2, -0.15) is 0 Å². The van der Waals surface area contributed by atoms with E-state index in [-0.39, 0.29) is 19.0 Å². The van der Waals surface area contributed by atoms with Gasteiger partial charge in [0.2, 0.25) is 0 Å². The zero-order valence-electron chi connectivity index (χ0n) is 21.4. The molecule has 11 heteroatoms. The number of esters is 1. The van der Waals surface area contributed by atoms with Crippen molar-refractivity contribution >= 4 is 60.5 Å². The molecular formula is C28H27BrFN3O5S. The molecule has 3 heterocycles. The highest BCUT2D eigenvalue weighted by Crippen LogP contribution is 2.40. The number of benzene rings is 2. The van der Waals surface area contributed by atoms with E-state index in [0.717, 1.165) is 31.9 Å². The summed E-state index contributed by atoms with van der Waals surface area (Å²) >= 11 is 4.95. The zero-order valence-corrected chi connectivity index (χ0v) is 23.8. The number of anilines is 1. The van der Waals surface area contributed by atoms with Gasteiger partial charge in [0.1, 0.15) is 22.3 Å². The predicted molar refractivity (Wildman–Crippen MR) is 151 cm³/mol. The average Bonchev–Trinajstić information content (AvgIpc) is 3.36. The van der Waals surface area contributed by atoms with Gasteiger partial charge in [-0.05, 0) is 64.3 Å². The van der Waals surface area contributed by atoms with Gasteiger partial charge in [-0.3, -0.25) is 9.69 Å². The van der Waals surface area contributed by atoms with Crippen molar-refractivity contribution in [3.8, 4) is 0 Å². The number of morpholine rings is 1. The van der Waals surface area contributed by atoms with Crippen LogP contribution >= 0.6 is 27.3 Å². The number of methoxy groups -OCH3 is 1. The van der Waals surface area contributed by atoms with Crippen LogP contribution in [0.1, 0.15) is 23.9 Å². The number of fused-ring (bicyclic) bond motifs is 1.